The first kappa shape index (κ1) is 14.4. The fourth-order valence-electron chi connectivity index (χ4n) is 1.20. The van der Waals surface area contributed by atoms with Crippen molar-refractivity contribution in [3.63, 3.8) is 0 Å². The fourth-order valence-corrected chi connectivity index (χ4v) is 1.20. The Bertz CT molecular complexity index is 190. The molecule has 0 radical (unpaired) electrons. The maximum atomic E-state index is 11.5. The first-order chi connectivity index (χ1) is 6.90. The van der Waals surface area contributed by atoms with Crippen LogP contribution in [0.15, 0.2) is 0 Å². The van der Waals surface area contributed by atoms with Crippen molar-refractivity contribution in [2.24, 2.45) is 5.73 Å². The number of hydrogen-bond donors (Lipinski definition) is 1. The van der Waals surface area contributed by atoms with Crippen LogP contribution in [0.3, 0.4) is 0 Å². The molecule has 90 valence electrons. The van der Waals surface area contributed by atoms with Gasteiger partial charge in [-0.3, -0.25) is 4.79 Å². The molecule has 0 fully saturated rings. The summed E-state index contributed by atoms with van der Waals surface area (Å²) in [6, 6.07) is 0. The zero-order chi connectivity index (χ0) is 11.9. The Labute approximate surface area is 92.1 Å². The average molecular weight is 217 g/mol. The van der Waals surface area contributed by atoms with E-state index in [-0.39, 0.29) is 18.7 Å². The minimum Gasteiger partial charge on any atom is -0.462 e. The zero-order valence-corrected chi connectivity index (χ0v) is 10.2. The third-order valence-corrected chi connectivity index (χ3v) is 2.00. The molecule has 0 rings (SSSR count). The van der Waals surface area contributed by atoms with Gasteiger partial charge in [-0.05, 0) is 27.2 Å². The summed E-state index contributed by atoms with van der Waals surface area (Å²) in [6.45, 7) is 8.25. The molecule has 0 aromatic carbocycles. The Hall–Kier alpha value is -0.610. The van der Waals surface area contributed by atoms with E-state index in [0.29, 0.717) is 13.0 Å². The highest BCUT2D eigenvalue weighted by Gasteiger charge is 2.28. The van der Waals surface area contributed by atoms with Crippen molar-refractivity contribution in [3.05, 3.63) is 0 Å². The lowest BCUT2D eigenvalue weighted by atomic mass is 9.98. The van der Waals surface area contributed by atoms with E-state index in [1.54, 1.807) is 6.92 Å². The smallest absolute Gasteiger partial charge is 0.325 e. The predicted molar refractivity (Wildman–Crippen MR) is 59.5 cm³/mol. The van der Waals surface area contributed by atoms with Crippen LogP contribution in [-0.2, 0) is 14.3 Å². The number of carbonyl (C=O) groups excluding carboxylic acids is 1. The van der Waals surface area contributed by atoms with Gasteiger partial charge in [0.05, 0.1) is 12.7 Å². The SMILES string of the molecule is CCCC(C)(N)C(=O)OCCOC(C)C. The Morgan fingerprint density at radius 3 is 2.47 bits per heavy atom. The van der Waals surface area contributed by atoms with Gasteiger partial charge in [-0.2, -0.15) is 0 Å². The maximum absolute atomic E-state index is 11.5. The van der Waals surface area contributed by atoms with Crippen LogP contribution in [0.2, 0.25) is 0 Å². The highest BCUT2D eigenvalue weighted by molar-refractivity contribution is 5.79. The monoisotopic (exact) mass is 217 g/mol. The number of rotatable bonds is 7. The number of hydrogen-bond acceptors (Lipinski definition) is 4. The summed E-state index contributed by atoms with van der Waals surface area (Å²) >= 11 is 0. The largest absolute Gasteiger partial charge is 0.462 e. The molecule has 4 heteroatoms. The Morgan fingerprint density at radius 2 is 2.00 bits per heavy atom. The van der Waals surface area contributed by atoms with Crippen LogP contribution in [-0.4, -0.2) is 30.8 Å². The Morgan fingerprint density at radius 1 is 1.40 bits per heavy atom. The van der Waals surface area contributed by atoms with E-state index < -0.39 is 5.54 Å². The quantitative estimate of drug-likeness (QED) is 0.518. The molecule has 15 heavy (non-hydrogen) atoms. The molecule has 1 unspecified atom stereocenters. The van der Waals surface area contributed by atoms with Gasteiger partial charge in [-0.25, -0.2) is 0 Å². The first-order valence-electron chi connectivity index (χ1n) is 5.48. The summed E-state index contributed by atoms with van der Waals surface area (Å²) in [5.74, 6) is -0.350. The molecule has 0 bridgehead atoms. The average Bonchev–Trinajstić information content (AvgIpc) is 2.11. The Kier molecular flexibility index (Phi) is 6.52. The van der Waals surface area contributed by atoms with Crippen molar-refractivity contribution in [2.75, 3.05) is 13.2 Å². The number of carbonyl (C=O) groups is 1. The van der Waals surface area contributed by atoms with Crippen LogP contribution in [0.5, 0.6) is 0 Å². The van der Waals surface area contributed by atoms with E-state index >= 15 is 0 Å². The lowest BCUT2D eigenvalue weighted by molar-refractivity contribution is -0.151. The van der Waals surface area contributed by atoms with E-state index in [1.165, 1.54) is 0 Å². The Balaban J connectivity index is 3.73. The molecule has 0 saturated carbocycles. The van der Waals surface area contributed by atoms with Gasteiger partial charge in [-0.1, -0.05) is 13.3 Å². The molecule has 1 atom stereocenters. The van der Waals surface area contributed by atoms with Gasteiger partial charge < -0.3 is 15.2 Å². The van der Waals surface area contributed by atoms with E-state index in [1.807, 2.05) is 20.8 Å². The summed E-state index contributed by atoms with van der Waals surface area (Å²) < 4.78 is 10.3. The third kappa shape index (κ3) is 6.47. The van der Waals surface area contributed by atoms with Gasteiger partial charge >= 0.3 is 5.97 Å². The lowest BCUT2D eigenvalue weighted by Gasteiger charge is -2.21. The zero-order valence-electron chi connectivity index (χ0n) is 10.2. The third-order valence-electron chi connectivity index (χ3n) is 2.00. The van der Waals surface area contributed by atoms with Gasteiger partial charge in [0.15, 0.2) is 0 Å². The summed E-state index contributed by atoms with van der Waals surface area (Å²) in [7, 11) is 0. The molecule has 4 nitrogen and oxygen atoms in total. The van der Waals surface area contributed by atoms with E-state index in [2.05, 4.69) is 0 Å². The second kappa shape index (κ2) is 6.80. The van der Waals surface area contributed by atoms with Crippen LogP contribution in [0.4, 0.5) is 0 Å². The molecule has 2 N–H and O–H groups in total. The summed E-state index contributed by atoms with van der Waals surface area (Å²) in [6.07, 6.45) is 1.66. The molecule has 0 aliphatic carbocycles. The van der Waals surface area contributed by atoms with Crippen LogP contribution in [0, 0.1) is 0 Å². The van der Waals surface area contributed by atoms with E-state index in [4.69, 9.17) is 15.2 Å². The molecule has 0 heterocycles. The van der Waals surface area contributed by atoms with E-state index in [0.717, 1.165) is 6.42 Å². The number of nitrogens with two attached hydrogens (primary N) is 1. The predicted octanol–water partition coefficient (Wildman–Crippen LogP) is 1.47. The van der Waals surface area contributed by atoms with Crippen LogP contribution < -0.4 is 5.73 Å². The number of esters is 1. The molecule has 0 aromatic rings. The summed E-state index contributed by atoms with van der Waals surface area (Å²) in [5, 5.41) is 0. The molecule has 0 aliphatic rings. The van der Waals surface area contributed by atoms with Gasteiger partial charge in [-0.15, -0.1) is 0 Å². The highest BCUT2D eigenvalue weighted by atomic mass is 16.6. The molecule has 0 amide bonds. The van der Waals surface area contributed by atoms with Crippen molar-refractivity contribution in [3.8, 4) is 0 Å². The fraction of sp³-hybridized carbons (Fsp3) is 0.909. The molecular formula is C11H23NO3. The standard InChI is InChI=1S/C11H23NO3/c1-5-6-11(4,12)10(13)15-8-7-14-9(2)3/h9H,5-8,12H2,1-4H3. The second-order valence-electron chi connectivity index (χ2n) is 4.22. The lowest BCUT2D eigenvalue weighted by Crippen LogP contribution is -2.46. The van der Waals surface area contributed by atoms with Crippen molar-refractivity contribution in [1.82, 2.24) is 0 Å². The first-order valence-corrected chi connectivity index (χ1v) is 5.48. The summed E-state index contributed by atoms with van der Waals surface area (Å²) in [5.41, 5.74) is 4.93. The van der Waals surface area contributed by atoms with Crippen molar-refractivity contribution in [2.45, 2.75) is 52.2 Å². The van der Waals surface area contributed by atoms with Crippen molar-refractivity contribution in [1.29, 1.82) is 0 Å². The topological polar surface area (TPSA) is 61.6 Å². The summed E-state index contributed by atoms with van der Waals surface area (Å²) in [4.78, 5) is 11.5. The van der Waals surface area contributed by atoms with Crippen LogP contribution in [0.1, 0.15) is 40.5 Å². The maximum Gasteiger partial charge on any atom is 0.325 e. The van der Waals surface area contributed by atoms with Crippen LogP contribution >= 0.6 is 0 Å². The molecule has 0 aliphatic heterocycles. The van der Waals surface area contributed by atoms with Gasteiger partial charge in [0, 0.05) is 0 Å². The van der Waals surface area contributed by atoms with Gasteiger partial charge in [0.2, 0.25) is 0 Å². The highest BCUT2D eigenvalue weighted by Crippen LogP contribution is 2.10. The minimum absolute atomic E-state index is 0.156. The van der Waals surface area contributed by atoms with Crippen LogP contribution in [0.25, 0.3) is 0 Å². The van der Waals surface area contributed by atoms with Crippen molar-refractivity contribution < 1.29 is 14.3 Å². The molecule has 0 spiro atoms. The molecular weight excluding hydrogens is 194 g/mol. The molecule has 0 saturated heterocycles. The van der Waals surface area contributed by atoms with Gasteiger partial charge in [0.1, 0.15) is 12.1 Å². The number of ether oxygens (including phenoxy) is 2. The van der Waals surface area contributed by atoms with Crippen molar-refractivity contribution >= 4 is 5.97 Å². The minimum atomic E-state index is -0.868. The van der Waals surface area contributed by atoms with Gasteiger partial charge in [0.25, 0.3) is 0 Å². The second-order valence-corrected chi connectivity index (χ2v) is 4.22. The molecule has 0 aromatic heterocycles. The van der Waals surface area contributed by atoms with E-state index in [9.17, 15) is 4.79 Å². The normalized spacial score (nSPS) is 15.1.